The Morgan fingerprint density at radius 2 is 1.00 bits per heavy atom. The molecule has 2 aliphatic rings. The molecular formula is C12H22AlN3. The van der Waals surface area contributed by atoms with Gasteiger partial charge in [0.1, 0.15) is 0 Å². The minimum absolute atomic E-state index is 0.825. The van der Waals surface area contributed by atoms with Crippen molar-refractivity contribution < 1.29 is 0 Å². The fourth-order valence-corrected chi connectivity index (χ4v) is 5.52. The van der Waals surface area contributed by atoms with Crippen molar-refractivity contribution in [3.05, 3.63) is 16.0 Å². The van der Waals surface area contributed by atoms with Gasteiger partial charge in [0.05, 0.1) is 0 Å². The van der Waals surface area contributed by atoms with Crippen LogP contribution in [0.5, 0.6) is 0 Å². The number of nitrogens with zero attached hydrogens (tertiary/aromatic N) is 3. The average Bonchev–Trinajstić information content (AvgIpc) is 2.33. The summed E-state index contributed by atoms with van der Waals surface area (Å²) >= 11 is 0.825. The summed E-state index contributed by atoms with van der Waals surface area (Å²) in [4.78, 5) is 1.50. The first-order valence-corrected chi connectivity index (χ1v) is 8.03. The quantitative estimate of drug-likeness (QED) is 0.278. The molecule has 0 bridgehead atoms. The topological polar surface area (TPSA) is 58.7 Å². The summed E-state index contributed by atoms with van der Waals surface area (Å²) in [5.74, 6) is 0. The van der Waals surface area contributed by atoms with Crippen molar-refractivity contribution in [2.24, 2.45) is 0 Å². The van der Waals surface area contributed by atoms with E-state index < -0.39 is 0 Å². The minimum atomic E-state index is 0.825. The normalized spacial score (nSPS) is 22.5. The third-order valence-corrected chi connectivity index (χ3v) is 6.27. The largest absolute Gasteiger partial charge is 0.373 e. The van der Waals surface area contributed by atoms with E-state index >= 15 is 0 Å². The van der Waals surface area contributed by atoms with Crippen molar-refractivity contribution in [3.8, 4) is 0 Å². The molecule has 0 saturated heterocycles. The summed E-state index contributed by atoms with van der Waals surface area (Å²) < 4.78 is 2.41. The van der Waals surface area contributed by atoms with Crippen LogP contribution in [0.15, 0.2) is 0 Å². The standard InChI is InChI=1S/2C6H11.Al.N3/c2*1-2-4-6-5-3-1;;1-3-2/h2*1H,2-6H2;;/q;;+1;-1. The zero-order valence-corrected chi connectivity index (χ0v) is 11.3. The molecule has 0 unspecified atom stereocenters. The van der Waals surface area contributed by atoms with Crippen LogP contribution in [0.1, 0.15) is 64.2 Å². The Balaban J connectivity index is 0.000000386. The van der Waals surface area contributed by atoms with Crippen LogP contribution in [-0.2, 0) is 0 Å². The maximum atomic E-state index is 6.75. The van der Waals surface area contributed by atoms with Gasteiger partial charge in [0.2, 0.25) is 0 Å². The van der Waals surface area contributed by atoms with Gasteiger partial charge < -0.3 is 11.1 Å². The van der Waals surface area contributed by atoms with Gasteiger partial charge in [-0.15, -0.1) is 0 Å². The number of rotatable bonds is 2. The summed E-state index contributed by atoms with van der Waals surface area (Å²) in [5.41, 5.74) is 13.5. The van der Waals surface area contributed by atoms with Gasteiger partial charge in [-0.1, -0.05) is 0 Å². The van der Waals surface area contributed by atoms with E-state index in [1.807, 2.05) is 0 Å². The van der Waals surface area contributed by atoms with E-state index in [2.05, 4.69) is 0 Å². The first-order chi connectivity index (χ1) is 7.86. The molecule has 2 fully saturated rings. The van der Waals surface area contributed by atoms with E-state index in [0.717, 1.165) is 15.2 Å². The minimum Gasteiger partial charge on any atom is -0.373 e. The fraction of sp³-hybridized carbons (Fsp3) is 1.00. The molecule has 2 aliphatic carbocycles. The van der Waals surface area contributed by atoms with Gasteiger partial charge in [-0.25, -0.2) is 0 Å². The Morgan fingerprint density at radius 3 is 1.31 bits per heavy atom. The third-order valence-electron chi connectivity index (χ3n) is 3.84. The van der Waals surface area contributed by atoms with Crippen molar-refractivity contribution in [1.29, 1.82) is 0 Å². The molecule has 3 nitrogen and oxygen atoms in total. The monoisotopic (exact) mass is 235 g/mol. The van der Waals surface area contributed by atoms with Crippen molar-refractivity contribution in [2.75, 3.05) is 0 Å². The predicted molar refractivity (Wildman–Crippen MR) is 69.5 cm³/mol. The summed E-state index contributed by atoms with van der Waals surface area (Å²) in [6, 6.07) is 0. The van der Waals surface area contributed by atoms with Crippen molar-refractivity contribution in [2.45, 2.75) is 73.8 Å². The number of hydrogen-bond acceptors (Lipinski definition) is 0. The smallest absolute Gasteiger partial charge is 0.255 e. The molecule has 2 rings (SSSR count). The molecule has 88 valence electrons. The second-order valence-corrected chi connectivity index (χ2v) is 7.35. The van der Waals surface area contributed by atoms with Crippen molar-refractivity contribution in [1.82, 2.24) is 0 Å². The molecule has 0 atom stereocenters. The first kappa shape index (κ1) is 13.9. The van der Waals surface area contributed by atoms with Crippen LogP contribution in [0.25, 0.3) is 16.0 Å². The Kier molecular flexibility index (Phi) is 7.76. The van der Waals surface area contributed by atoms with Crippen LogP contribution < -0.4 is 0 Å². The SMILES string of the molecule is C1CC[CH]([Al+][CH]2CCCCC2)CC1.[N-]=[N+]=[N-]. The van der Waals surface area contributed by atoms with Gasteiger partial charge in [0.15, 0.2) is 0 Å². The van der Waals surface area contributed by atoms with Gasteiger partial charge in [-0.2, -0.15) is 0 Å². The van der Waals surface area contributed by atoms with Crippen molar-refractivity contribution in [3.63, 3.8) is 0 Å². The second-order valence-electron chi connectivity index (χ2n) is 5.08. The zero-order chi connectivity index (χ0) is 11.6. The van der Waals surface area contributed by atoms with E-state index in [-0.39, 0.29) is 0 Å². The molecule has 0 aliphatic heterocycles. The van der Waals surface area contributed by atoms with E-state index in [1.165, 1.54) is 27.3 Å². The molecule has 0 heterocycles. The maximum Gasteiger partial charge on any atom is -0.255 e. The molecule has 0 aromatic carbocycles. The Labute approximate surface area is 105 Å². The molecule has 0 aromatic heterocycles. The Bertz CT molecular complexity index is 186. The predicted octanol–water partition coefficient (Wildman–Crippen LogP) is 5.06. The zero-order valence-electron chi connectivity index (χ0n) is 10.1. The summed E-state index contributed by atoms with van der Waals surface area (Å²) in [5, 5.41) is 0. The molecule has 4 heteroatoms. The first-order valence-electron chi connectivity index (χ1n) is 6.70. The van der Waals surface area contributed by atoms with Crippen molar-refractivity contribution >= 4 is 15.2 Å². The average molecular weight is 235 g/mol. The van der Waals surface area contributed by atoms with Gasteiger partial charge in [-0.3, -0.25) is 4.91 Å². The molecule has 16 heavy (non-hydrogen) atoms. The maximum absolute atomic E-state index is 6.75. The van der Waals surface area contributed by atoms with Gasteiger partial charge in [0.25, 0.3) is 0 Å². The molecule has 0 amide bonds. The fourth-order valence-electron chi connectivity index (χ4n) is 3.04. The van der Waals surface area contributed by atoms with Gasteiger partial charge in [-0.05, 0) is 0 Å². The van der Waals surface area contributed by atoms with Crippen LogP contribution in [0.2, 0.25) is 9.56 Å². The van der Waals surface area contributed by atoms with Gasteiger partial charge >= 0.3 is 89.0 Å². The van der Waals surface area contributed by atoms with Gasteiger partial charge in [0, 0.05) is 0 Å². The van der Waals surface area contributed by atoms with E-state index in [9.17, 15) is 0 Å². The number of hydrogen-bond donors (Lipinski definition) is 0. The molecule has 0 N–H and O–H groups in total. The van der Waals surface area contributed by atoms with E-state index in [4.69, 9.17) is 11.1 Å². The van der Waals surface area contributed by atoms with E-state index in [1.54, 1.807) is 51.4 Å². The van der Waals surface area contributed by atoms with Crippen LogP contribution in [0.4, 0.5) is 0 Å². The van der Waals surface area contributed by atoms with Crippen LogP contribution in [0, 0.1) is 0 Å². The summed E-state index contributed by atoms with van der Waals surface area (Å²) in [6.07, 6.45) is 15.6. The Morgan fingerprint density at radius 1 is 0.688 bits per heavy atom. The Hall–Kier alpha value is -0.158. The molecule has 0 aromatic rings. The molecule has 2 saturated carbocycles. The summed E-state index contributed by atoms with van der Waals surface area (Å²) in [7, 11) is 0. The molecule has 0 radical (unpaired) electrons. The third kappa shape index (κ3) is 5.80. The van der Waals surface area contributed by atoms with Crippen LogP contribution in [-0.4, -0.2) is 15.2 Å². The molecule has 0 spiro atoms. The van der Waals surface area contributed by atoms with E-state index in [0.29, 0.717) is 0 Å². The van der Waals surface area contributed by atoms with Crippen LogP contribution in [0.3, 0.4) is 0 Å². The summed E-state index contributed by atoms with van der Waals surface area (Å²) in [6.45, 7) is 0. The van der Waals surface area contributed by atoms with Crippen LogP contribution >= 0.6 is 0 Å². The second kappa shape index (κ2) is 8.93. The molecular weight excluding hydrogens is 213 g/mol.